The van der Waals surface area contributed by atoms with E-state index in [-0.39, 0.29) is 17.2 Å². The van der Waals surface area contributed by atoms with Gasteiger partial charge >= 0.3 is 6.01 Å². The van der Waals surface area contributed by atoms with Gasteiger partial charge in [-0.2, -0.15) is 9.97 Å². The van der Waals surface area contributed by atoms with E-state index in [4.69, 9.17) is 14.7 Å². The van der Waals surface area contributed by atoms with E-state index < -0.39 is 0 Å². The number of aryl methyl sites for hydroxylation is 1. The van der Waals surface area contributed by atoms with Crippen LogP contribution in [0.25, 0.3) is 11.1 Å². The number of anilines is 2. The highest BCUT2D eigenvalue weighted by Gasteiger charge is 2.47. The van der Waals surface area contributed by atoms with Crippen LogP contribution in [0, 0.1) is 18.2 Å². The Morgan fingerprint density at radius 2 is 2.06 bits per heavy atom. The molecule has 2 aliphatic heterocycles. The molecule has 3 aliphatic rings. The van der Waals surface area contributed by atoms with Crippen molar-refractivity contribution < 1.29 is 9.13 Å². The first-order chi connectivity index (χ1) is 15.9. The first-order valence-electron chi connectivity index (χ1n) is 11.3. The van der Waals surface area contributed by atoms with Crippen LogP contribution >= 0.6 is 0 Å². The quantitative estimate of drug-likeness (QED) is 0.493. The van der Waals surface area contributed by atoms with Crippen molar-refractivity contribution in [2.75, 3.05) is 36.9 Å². The number of hydrogen-bond donors (Lipinski definition) is 2. The molecule has 4 heterocycles. The third-order valence-electron chi connectivity index (χ3n) is 7.19. The van der Waals surface area contributed by atoms with E-state index in [0.717, 1.165) is 59.9 Å². The Bertz CT molecular complexity index is 1250. The van der Waals surface area contributed by atoms with Gasteiger partial charge in [-0.25, -0.2) is 14.4 Å². The van der Waals surface area contributed by atoms with Crippen molar-refractivity contribution in [3.05, 3.63) is 47.4 Å². The lowest BCUT2D eigenvalue weighted by molar-refractivity contribution is 0.356. The summed E-state index contributed by atoms with van der Waals surface area (Å²) in [6.45, 7) is 6.91. The summed E-state index contributed by atoms with van der Waals surface area (Å²) in [6, 6.07) is 3.79. The lowest BCUT2D eigenvalue weighted by Crippen LogP contribution is -2.33. The molecule has 2 aromatic heterocycles. The zero-order valence-electron chi connectivity index (χ0n) is 18.9. The Kier molecular flexibility index (Phi) is 4.52. The van der Waals surface area contributed by atoms with Gasteiger partial charge in [-0.3, -0.25) is 0 Å². The molecule has 3 aromatic rings. The Balaban J connectivity index is 1.47. The second-order valence-electron chi connectivity index (χ2n) is 9.42. The molecule has 2 fully saturated rings. The van der Waals surface area contributed by atoms with Crippen LogP contribution in [-0.2, 0) is 6.42 Å². The molecule has 6 rings (SSSR count). The van der Waals surface area contributed by atoms with E-state index in [2.05, 4.69) is 32.4 Å². The smallest absolute Gasteiger partial charge is 0.324 e. The molecule has 0 unspecified atom stereocenters. The second-order valence-corrected chi connectivity index (χ2v) is 9.42. The van der Waals surface area contributed by atoms with Gasteiger partial charge in [0.1, 0.15) is 17.5 Å². The maximum Gasteiger partial charge on any atom is 0.324 e. The van der Waals surface area contributed by atoms with Gasteiger partial charge < -0.3 is 20.3 Å². The van der Waals surface area contributed by atoms with Crippen LogP contribution in [0.1, 0.15) is 30.4 Å². The molecule has 8 nitrogen and oxygen atoms in total. The standard InChI is InChI=1S/C24H26FN7O/c1-13-28-9-15(10-29-13)33-23-30-19-8-16-17(6-14(25)7-18(16)26-3)21(19)22(31-23)32-11-20-24(2,12-32)4-5-27-20/h6-7,9-10,20,26-27H,4-5,8,11-12H2,1-3H3/t20-,24+/m0/s1. The summed E-state index contributed by atoms with van der Waals surface area (Å²) in [5.41, 5.74) is 4.58. The maximum atomic E-state index is 14.5. The summed E-state index contributed by atoms with van der Waals surface area (Å²) in [5.74, 6) is 1.67. The number of benzene rings is 1. The predicted octanol–water partition coefficient (Wildman–Crippen LogP) is 3.31. The van der Waals surface area contributed by atoms with Crippen LogP contribution in [0.15, 0.2) is 24.5 Å². The highest BCUT2D eigenvalue weighted by Crippen LogP contribution is 2.48. The lowest BCUT2D eigenvalue weighted by Gasteiger charge is -2.24. The van der Waals surface area contributed by atoms with Crippen molar-refractivity contribution in [1.29, 1.82) is 0 Å². The van der Waals surface area contributed by atoms with E-state index in [1.54, 1.807) is 18.5 Å². The van der Waals surface area contributed by atoms with Crippen LogP contribution < -0.4 is 20.3 Å². The van der Waals surface area contributed by atoms with Gasteiger partial charge in [0, 0.05) is 49.3 Å². The molecular formula is C24H26FN7O. The normalized spacial score (nSPS) is 22.8. The number of halogens is 1. The van der Waals surface area contributed by atoms with Crippen LogP contribution in [0.4, 0.5) is 15.9 Å². The molecule has 2 saturated heterocycles. The van der Waals surface area contributed by atoms with Crippen LogP contribution in [-0.4, -0.2) is 52.7 Å². The monoisotopic (exact) mass is 447 g/mol. The lowest BCUT2D eigenvalue weighted by atomic mass is 9.86. The largest absolute Gasteiger partial charge is 0.421 e. The number of ether oxygens (including phenoxy) is 1. The molecule has 0 bridgehead atoms. The average Bonchev–Trinajstić information content (AvgIpc) is 3.43. The highest BCUT2D eigenvalue weighted by atomic mass is 19.1. The molecule has 33 heavy (non-hydrogen) atoms. The van der Waals surface area contributed by atoms with Crippen LogP contribution in [0.3, 0.4) is 0 Å². The molecule has 0 radical (unpaired) electrons. The molecule has 170 valence electrons. The SMILES string of the molecule is CNc1cc(F)cc2c1Cc1nc(Oc3cnc(C)nc3)nc(N3C[C@@H]4NCC[C@]4(C)C3)c1-2. The van der Waals surface area contributed by atoms with Gasteiger partial charge in [-0.05, 0) is 43.1 Å². The van der Waals surface area contributed by atoms with E-state index >= 15 is 0 Å². The number of fused-ring (bicyclic) bond motifs is 4. The number of rotatable bonds is 4. The zero-order chi connectivity index (χ0) is 22.7. The summed E-state index contributed by atoms with van der Waals surface area (Å²) in [7, 11) is 1.81. The van der Waals surface area contributed by atoms with Crippen molar-refractivity contribution in [2.45, 2.75) is 32.7 Å². The number of aromatic nitrogens is 4. The van der Waals surface area contributed by atoms with Gasteiger partial charge in [0.25, 0.3) is 0 Å². The predicted molar refractivity (Wildman–Crippen MR) is 123 cm³/mol. The average molecular weight is 448 g/mol. The summed E-state index contributed by atoms with van der Waals surface area (Å²) >= 11 is 0. The Morgan fingerprint density at radius 3 is 2.82 bits per heavy atom. The summed E-state index contributed by atoms with van der Waals surface area (Å²) in [4.78, 5) is 20.3. The van der Waals surface area contributed by atoms with Gasteiger partial charge in [0.15, 0.2) is 5.75 Å². The van der Waals surface area contributed by atoms with Gasteiger partial charge in [-0.15, -0.1) is 0 Å². The first kappa shape index (κ1) is 20.3. The molecular weight excluding hydrogens is 421 g/mol. The third-order valence-corrected chi connectivity index (χ3v) is 7.19. The van der Waals surface area contributed by atoms with Gasteiger partial charge in [0.05, 0.1) is 18.1 Å². The van der Waals surface area contributed by atoms with Gasteiger partial charge in [0.2, 0.25) is 0 Å². The van der Waals surface area contributed by atoms with Crippen molar-refractivity contribution in [3.8, 4) is 22.9 Å². The van der Waals surface area contributed by atoms with E-state index in [1.807, 2.05) is 14.0 Å². The summed E-state index contributed by atoms with van der Waals surface area (Å²) in [5, 5.41) is 6.76. The Morgan fingerprint density at radius 1 is 1.24 bits per heavy atom. The number of nitrogens with one attached hydrogen (secondary N) is 2. The Labute approximate surface area is 191 Å². The molecule has 2 atom stereocenters. The van der Waals surface area contributed by atoms with E-state index in [1.165, 1.54) is 6.07 Å². The summed E-state index contributed by atoms with van der Waals surface area (Å²) < 4.78 is 20.5. The minimum Gasteiger partial charge on any atom is -0.421 e. The minimum atomic E-state index is -0.277. The van der Waals surface area contributed by atoms with Crippen molar-refractivity contribution >= 4 is 11.5 Å². The van der Waals surface area contributed by atoms with Crippen molar-refractivity contribution in [2.24, 2.45) is 5.41 Å². The zero-order valence-corrected chi connectivity index (χ0v) is 18.9. The fraction of sp³-hybridized carbons (Fsp3) is 0.417. The maximum absolute atomic E-state index is 14.5. The molecule has 2 N–H and O–H groups in total. The third kappa shape index (κ3) is 3.30. The fourth-order valence-corrected chi connectivity index (χ4v) is 5.44. The van der Waals surface area contributed by atoms with E-state index in [9.17, 15) is 4.39 Å². The first-order valence-corrected chi connectivity index (χ1v) is 11.3. The Hall–Kier alpha value is -3.33. The fourth-order valence-electron chi connectivity index (χ4n) is 5.44. The molecule has 0 saturated carbocycles. The van der Waals surface area contributed by atoms with Crippen LogP contribution in [0.2, 0.25) is 0 Å². The van der Waals surface area contributed by atoms with Crippen molar-refractivity contribution in [3.63, 3.8) is 0 Å². The summed E-state index contributed by atoms with van der Waals surface area (Å²) in [6.07, 6.45) is 4.95. The molecule has 0 spiro atoms. The van der Waals surface area contributed by atoms with E-state index in [0.29, 0.717) is 24.0 Å². The highest BCUT2D eigenvalue weighted by molar-refractivity contribution is 5.88. The minimum absolute atomic E-state index is 0.184. The van der Waals surface area contributed by atoms with Crippen LogP contribution in [0.5, 0.6) is 11.8 Å². The molecule has 0 amide bonds. The second kappa shape index (κ2) is 7.34. The number of nitrogens with zero attached hydrogens (tertiary/aromatic N) is 5. The topological polar surface area (TPSA) is 88.1 Å². The molecule has 9 heteroatoms. The molecule has 1 aliphatic carbocycles. The molecule has 1 aromatic carbocycles. The number of hydrogen-bond acceptors (Lipinski definition) is 8. The van der Waals surface area contributed by atoms with Crippen molar-refractivity contribution in [1.82, 2.24) is 25.3 Å². The van der Waals surface area contributed by atoms with Gasteiger partial charge in [-0.1, -0.05) is 6.92 Å².